The Morgan fingerprint density at radius 1 is 1.35 bits per heavy atom. The molecular formula is C19H27N3O. The van der Waals surface area contributed by atoms with Gasteiger partial charge in [0.1, 0.15) is 0 Å². The zero-order chi connectivity index (χ0) is 16.2. The Morgan fingerprint density at radius 2 is 2.22 bits per heavy atom. The summed E-state index contributed by atoms with van der Waals surface area (Å²) in [6.45, 7) is 6.85. The number of nitrogens with zero attached hydrogens (tertiary/aromatic N) is 1. The molecule has 23 heavy (non-hydrogen) atoms. The van der Waals surface area contributed by atoms with Crippen molar-refractivity contribution < 1.29 is 4.79 Å². The van der Waals surface area contributed by atoms with Gasteiger partial charge in [0.25, 0.3) is 0 Å². The number of likely N-dealkylation sites (tertiary alicyclic amines) is 1. The molecule has 2 N–H and O–H groups in total. The molecule has 2 atom stereocenters. The van der Waals surface area contributed by atoms with Crippen LogP contribution in [0.5, 0.6) is 0 Å². The van der Waals surface area contributed by atoms with Gasteiger partial charge >= 0.3 is 0 Å². The average Bonchev–Trinajstić information content (AvgIpc) is 3.08. The molecule has 1 fully saturated rings. The van der Waals surface area contributed by atoms with Crippen molar-refractivity contribution in [1.82, 2.24) is 15.2 Å². The minimum atomic E-state index is 0.291. The van der Waals surface area contributed by atoms with Gasteiger partial charge in [0, 0.05) is 49.2 Å². The first kappa shape index (κ1) is 16.1. The number of rotatable bonds is 5. The SMILES string of the molecule is CCC(=O)N1CCC(NCc2cccc3[nH]ccc23)C(CC)C1. The summed E-state index contributed by atoms with van der Waals surface area (Å²) in [5.41, 5.74) is 2.53. The molecule has 1 aromatic heterocycles. The van der Waals surface area contributed by atoms with Gasteiger partial charge in [-0.1, -0.05) is 32.4 Å². The van der Waals surface area contributed by atoms with E-state index in [1.807, 2.05) is 18.0 Å². The molecule has 0 aliphatic carbocycles. The first-order valence-corrected chi connectivity index (χ1v) is 8.79. The van der Waals surface area contributed by atoms with Crippen molar-refractivity contribution in [2.75, 3.05) is 13.1 Å². The molecule has 2 aromatic rings. The summed E-state index contributed by atoms with van der Waals surface area (Å²) in [7, 11) is 0. The number of nitrogens with one attached hydrogen (secondary N) is 2. The Labute approximate surface area is 138 Å². The number of aromatic nitrogens is 1. The molecule has 1 saturated heterocycles. The minimum absolute atomic E-state index is 0.291. The van der Waals surface area contributed by atoms with E-state index in [-0.39, 0.29) is 0 Å². The van der Waals surface area contributed by atoms with Crippen molar-refractivity contribution in [3.63, 3.8) is 0 Å². The molecule has 3 rings (SSSR count). The standard InChI is InChI=1S/C19H27N3O/c1-3-14-13-22(19(23)4-2)11-9-17(14)21-12-15-6-5-7-18-16(15)8-10-20-18/h5-8,10,14,17,20-21H,3-4,9,11-13H2,1-2H3. The van der Waals surface area contributed by atoms with Crippen LogP contribution in [0, 0.1) is 5.92 Å². The number of aromatic amines is 1. The Bertz CT molecular complexity index is 663. The lowest BCUT2D eigenvalue weighted by molar-refractivity contribution is -0.133. The van der Waals surface area contributed by atoms with E-state index in [9.17, 15) is 4.79 Å². The van der Waals surface area contributed by atoms with Crippen LogP contribution in [0.3, 0.4) is 0 Å². The molecule has 2 unspecified atom stereocenters. The maximum absolute atomic E-state index is 11.9. The van der Waals surface area contributed by atoms with Gasteiger partial charge in [-0.05, 0) is 30.0 Å². The fraction of sp³-hybridized carbons (Fsp3) is 0.526. The second-order valence-electron chi connectivity index (χ2n) is 6.49. The number of hydrogen-bond donors (Lipinski definition) is 2. The van der Waals surface area contributed by atoms with Crippen LogP contribution in [0.4, 0.5) is 0 Å². The first-order valence-electron chi connectivity index (χ1n) is 8.79. The van der Waals surface area contributed by atoms with Gasteiger partial charge in [-0.3, -0.25) is 4.79 Å². The number of fused-ring (bicyclic) bond motifs is 1. The van der Waals surface area contributed by atoms with Crippen LogP contribution in [0.1, 0.15) is 38.7 Å². The van der Waals surface area contributed by atoms with Crippen LogP contribution in [0.25, 0.3) is 10.9 Å². The molecule has 0 bridgehead atoms. The van der Waals surface area contributed by atoms with E-state index in [4.69, 9.17) is 0 Å². The van der Waals surface area contributed by atoms with E-state index in [1.54, 1.807) is 0 Å². The number of piperidine rings is 1. The van der Waals surface area contributed by atoms with Crippen LogP contribution in [-0.2, 0) is 11.3 Å². The van der Waals surface area contributed by atoms with Gasteiger partial charge in [-0.2, -0.15) is 0 Å². The summed E-state index contributed by atoms with van der Waals surface area (Å²) in [4.78, 5) is 17.2. The van der Waals surface area contributed by atoms with Crippen molar-refractivity contribution in [1.29, 1.82) is 0 Å². The van der Waals surface area contributed by atoms with E-state index in [1.165, 1.54) is 16.5 Å². The van der Waals surface area contributed by atoms with Gasteiger partial charge in [-0.15, -0.1) is 0 Å². The van der Waals surface area contributed by atoms with Crippen LogP contribution in [0.15, 0.2) is 30.5 Å². The predicted molar refractivity (Wildman–Crippen MR) is 94.2 cm³/mol. The maximum atomic E-state index is 11.9. The average molecular weight is 313 g/mol. The van der Waals surface area contributed by atoms with E-state index in [2.05, 4.69) is 41.5 Å². The number of carbonyl (C=O) groups is 1. The molecule has 1 aliphatic heterocycles. The van der Waals surface area contributed by atoms with Crippen LogP contribution >= 0.6 is 0 Å². The van der Waals surface area contributed by atoms with Crippen LogP contribution in [-0.4, -0.2) is 34.9 Å². The lowest BCUT2D eigenvalue weighted by Crippen LogP contribution is -2.50. The monoisotopic (exact) mass is 313 g/mol. The van der Waals surface area contributed by atoms with Crippen molar-refractivity contribution in [2.45, 2.75) is 45.7 Å². The van der Waals surface area contributed by atoms with Gasteiger partial charge in [0.2, 0.25) is 5.91 Å². The third kappa shape index (κ3) is 3.42. The Morgan fingerprint density at radius 3 is 3.00 bits per heavy atom. The number of H-pyrrole nitrogens is 1. The Balaban J connectivity index is 1.64. The highest BCUT2D eigenvalue weighted by molar-refractivity contribution is 5.82. The first-order chi connectivity index (χ1) is 11.2. The van der Waals surface area contributed by atoms with Crippen molar-refractivity contribution >= 4 is 16.8 Å². The quantitative estimate of drug-likeness (QED) is 0.890. The second-order valence-corrected chi connectivity index (χ2v) is 6.49. The van der Waals surface area contributed by atoms with Crippen LogP contribution < -0.4 is 5.32 Å². The van der Waals surface area contributed by atoms with E-state index >= 15 is 0 Å². The highest BCUT2D eigenvalue weighted by Gasteiger charge is 2.29. The molecule has 1 amide bonds. The highest BCUT2D eigenvalue weighted by Crippen LogP contribution is 2.23. The highest BCUT2D eigenvalue weighted by atomic mass is 16.2. The van der Waals surface area contributed by atoms with Crippen LogP contribution in [0.2, 0.25) is 0 Å². The molecular weight excluding hydrogens is 286 g/mol. The van der Waals surface area contributed by atoms with Crippen molar-refractivity contribution in [2.24, 2.45) is 5.92 Å². The summed E-state index contributed by atoms with van der Waals surface area (Å²) in [6.07, 6.45) is 4.77. The van der Waals surface area contributed by atoms with E-state index in [0.717, 1.165) is 32.5 Å². The topological polar surface area (TPSA) is 48.1 Å². The normalized spacial score (nSPS) is 21.7. The fourth-order valence-electron chi connectivity index (χ4n) is 3.71. The third-order valence-electron chi connectivity index (χ3n) is 5.15. The molecule has 2 heterocycles. The zero-order valence-corrected chi connectivity index (χ0v) is 14.1. The van der Waals surface area contributed by atoms with E-state index < -0.39 is 0 Å². The molecule has 1 aliphatic rings. The molecule has 1 aromatic carbocycles. The zero-order valence-electron chi connectivity index (χ0n) is 14.1. The molecule has 0 saturated carbocycles. The summed E-state index contributed by atoms with van der Waals surface area (Å²) in [5, 5.41) is 5.04. The predicted octanol–water partition coefficient (Wildman–Crippen LogP) is 3.29. The van der Waals surface area contributed by atoms with Gasteiger partial charge < -0.3 is 15.2 Å². The fourth-order valence-corrected chi connectivity index (χ4v) is 3.71. The summed E-state index contributed by atoms with van der Waals surface area (Å²) in [5.74, 6) is 0.837. The molecule has 124 valence electrons. The van der Waals surface area contributed by atoms with E-state index in [0.29, 0.717) is 24.3 Å². The molecule has 4 nitrogen and oxygen atoms in total. The number of carbonyl (C=O) groups excluding carboxylic acids is 1. The smallest absolute Gasteiger partial charge is 0.222 e. The lowest BCUT2D eigenvalue weighted by atomic mass is 9.89. The van der Waals surface area contributed by atoms with Gasteiger partial charge in [-0.25, -0.2) is 0 Å². The summed E-state index contributed by atoms with van der Waals surface area (Å²) < 4.78 is 0. The van der Waals surface area contributed by atoms with Crippen molar-refractivity contribution in [3.05, 3.63) is 36.0 Å². The van der Waals surface area contributed by atoms with Gasteiger partial charge in [0.05, 0.1) is 0 Å². The molecule has 0 spiro atoms. The Hall–Kier alpha value is -1.81. The van der Waals surface area contributed by atoms with Crippen molar-refractivity contribution in [3.8, 4) is 0 Å². The van der Waals surface area contributed by atoms with Gasteiger partial charge in [0.15, 0.2) is 0 Å². The third-order valence-corrected chi connectivity index (χ3v) is 5.15. The minimum Gasteiger partial charge on any atom is -0.361 e. The maximum Gasteiger partial charge on any atom is 0.222 e. The Kier molecular flexibility index (Phi) is 5.01. The summed E-state index contributed by atoms with van der Waals surface area (Å²) in [6, 6.07) is 9.06. The summed E-state index contributed by atoms with van der Waals surface area (Å²) >= 11 is 0. The number of hydrogen-bond acceptors (Lipinski definition) is 2. The molecule has 0 radical (unpaired) electrons. The largest absolute Gasteiger partial charge is 0.361 e. The second kappa shape index (κ2) is 7.18. The molecule has 4 heteroatoms. The lowest BCUT2D eigenvalue weighted by Gasteiger charge is -2.39. The number of amides is 1. The number of benzene rings is 1.